The summed E-state index contributed by atoms with van der Waals surface area (Å²) in [4.78, 5) is 25.5. The van der Waals surface area contributed by atoms with Gasteiger partial charge in [-0.05, 0) is 31.5 Å². The molecule has 3 rings (SSSR count). The van der Waals surface area contributed by atoms with Gasteiger partial charge in [0.2, 0.25) is 0 Å². The number of para-hydroxylation sites is 2. The lowest BCUT2D eigenvalue weighted by Crippen LogP contribution is -2.31. The normalized spacial score (nSPS) is 15.8. The highest BCUT2D eigenvalue weighted by molar-refractivity contribution is 5.77. The number of carbonyl (C=O) groups excluding carboxylic acids is 1. The summed E-state index contributed by atoms with van der Waals surface area (Å²) in [5.41, 5.74) is 0.806. The van der Waals surface area contributed by atoms with Gasteiger partial charge in [-0.2, -0.15) is 0 Å². The van der Waals surface area contributed by atoms with Gasteiger partial charge in [0.05, 0.1) is 25.4 Å². The lowest BCUT2D eigenvalue weighted by atomic mass is 10.2. The number of carbonyl (C=O) groups is 1. The highest BCUT2D eigenvalue weighted by Gasteiger charge is 2.21. The van der Waals surface area contributed by atoms with Gasteiger partial charge in [-0.1, -0.05) is 12.1 Å². The van der Waals surface area contributed by atoms with Crippen LogP contribution in [0.4, 0.5) is 5.82 Å². The molecule has 0 radical (unpaired) electrons. The first-order valence-electron chi connectivity index (χ1n) is 9.76. The number of benzene rings is 1. The highest BCUT2D eigenvalue weighted by Crippen LogP contribution is 2.26. The van der Waals surface area contributed by atoms with E-state index in [0.717, 1.165) is 36.7 Å². The van der Waals surface area contributed by atoms with E-state index in [0.29, 0.717) is 18.0 Å². The standard InChI is InChI=1S/C21H29N5O3/c1-25(2)19-12-15(23-21(24-19)16-8-7-11-22-16)13-26(3)20(27)14-29-18-10-6-5-9-17(18)28-4/h5-6,9-10,12,16,22H,7-8,11,13-14H2,1-4H3/t16-/m1/s1. The van der Waals surface area contributed by atoms with Crippen molar-refractivity contribution in [1.29, 1.82) is 0 Å². The van der Waals surface area contributed by atoms with Crippen LogP contribution in [0.3, 0.4) is 0 Å². The van der Waals surface area contributed by atoms with Crippen LogP contribution in [0.25, 0.3) is 0 Å². The Kier molecular flexibility index (Phi) is 6.87. The van der Waals surface area contributed by atoms with Crippen LogP contribution in [0.1, 0.15) is 30.4 Å². The van der Waals surface area contributed by atoms with Gasteiger partial charge in [0.1, 0.15) is 11.6 Å². The Morgan fingerprint density at radius 2 is 1.97 bits per heavy atom. The molecule has 1 aromatic heterocycles. The molecule has 0 aliphatic carbocycles. The third-order valence-corrected chi connectivity index (χ3v) is 4.86. The van der Waals surface area contributed by atoms with Crippen molar-refractivity contribution in [2.24, 2.45) is 0 Å². The van der Waals surface area contributed by atoms with Crippen LogP contribution in [0.5, 0.6) is 11.5 Å². The second kappa shape index (κ2) is 9.56. The molecule has 0 saturated carbocycles. The van der Waals surface area contributed by atoms with Gasteiger partial charge in [0.15, 0.2) is 18.1 Å². The largest absolute Gasteiger partial charge is 0.493 e. The molecule has 29 heavy (non-hydrogen) atoms. The van der Waals surface area contributed by atoms with E-state index in [9.17, 15) is 4.79 Å². The third-order valence-electron chi connectivity index (χ3n) is 4.86. The fourth-order valence-electron chi connectivity index (χ4n) is 3.19. The zero-order chi connectivity index (χ0) is 20.8. The maximum atomic E-state index is 12.6. The minimum Gasteiger partial charge on any atom is -0.493 e. The van der Waals surface area contributed by atoms with Crippen molar-refractivity contribution in [2.45, 2.75) is 25.4 Å². The number of amides is 1. The van der Waals surface area contributed by atoms with Crippen LogP contribution >= 0.6 is 0 Å². The van der Waals surface area contributed by atoms with E-state index in [1.54, 1.807) is 31.2 Å². The Morgan fingerprint density at radius 3 is 2.62 bits per heavy atom. The molecule has 156 valence electrons. The molecule has 0 spiro atoms. The molecule has 1 aliphatic rings. The van der Waals surface area contributed by atoms with E-state index in [1.807, 2.05) is 37.2 Å². The van der Waals surface area contributed by atoms with E-state index in [1.165, 1.54) is 0 Å². The highest BCUT2D eigenvalue weighted by atomic mass is 16.5. The van der Waals surface area contributed by atoms with E-state index in [4.69, 9.17) is 14.5 Å². The Bertz CT molecular complexity index is 837. The van der Waals surface area contributed by atoms with Crippen LogP contribution in [-0.2, 0) is 11.3 Å². The SMILES string of the molecule is COc1ccccc1OCC(=O)N(C)Cc1cc(N(C)C)nc([C@H]2CCCN2)n1. The lowest BCUT2D eigenvalue weighted by Gasteiger charge is -2.20. The average molecular weight is 399 g/mol. The predicted octanol–water partition coefficient (Wildman–Crippen LogP) is 2.01. The van der Waals surface area contributed by atoms with Crippen molar-refractivity contribution in [3.05, 3.63) is 41.9 Å². The van der Waals surface area contributed by atoms with Crippen molar-refractivity contribution < 1.29 is 14.3 Å². The topological polar surface area (TPSA) is 79.8 Å². The minimum atomic E-state index is -0.138. The van der Waals surface area contributed by atoms with Gasteiger partial charge in [0, 0.05) is 27.2 Å². The quantitative estimate of drug-likeness (QED) is 0.727. The summed E-state index contributed by atoms with van der Waals surface area (Å²) in [6.07, 6.45) is 2.14. The van der Waals surface area contributed by atoms with Gasteiger partial charge in [0.25, 0.3) is 5.91 Å². The van der Waals surface area contributed by atoms with Gasteiger partial charge in [-0.25, -0.2) is 9.97 Å². The van der Waals surface area contributed by atoms with Gasteiger partial charge in [-0.15, -0.1) is 0 Å². The summed E-state index contributed by atoms with van der Waals surface area (Å²) in [6.45, 7) is 1.30. The van der Waals surface area contributed by atoms with Gasteiger partial charge in [-0.3, -0.25) is 4.79 Å². The summed E-state index contributed by atoms with van der Waals surface area (Å²) in [6, 6.07) is 9.36. The molecule has 8 heteroatoms. The number of hydrogen-bond donors (Lipinski definition) is 1. The maximum absolute atomic E-state index is 12.6. The zero-order valence-corrected chi connectivity index (χ0v) is 17.5. The summed E-state index contributed by atoms with van der Waals surface area (Å²) in [5, 5.41) is 3.44. The Morgan fingerprint density at radius 1 is 1.21 bits per heavy atom. The molecule has 1 aromatic carbocycles. The van der Waals surface area contributed by atoms with E-state index in [-0.39, 0.29) is 18.6 Å². The second-order valence-electron chi connectivity index (χ2n) is 7.31. The maximum Gasteiger partial charge on any atom is 0.260 e. The Hall–Kier alpha value is -2.87. The number of hydrogen-bond acceptors (Lipinski definition) is 7. The summed E-state index contributed by atoms with van der Waals surface area (Å²) < 4.78 is 10.9. The Labute approximate surface area is 171 Å². The zero-order valence-electron chi connectivity index (χ0n) is 17.5. The molecule has 1 fully saturated rings. The first-order chi connectivity index (χ1) is 14.0. The van der Waals surface area contributed by atoms with Gasteiger partial charge < -0.3 is 24.6 Å². The molecule has 1 N–H and O–H groups in total. The number of nitrogens with one attached hydrogen (secondary N) is 1. The molecule has 1 atom stereocenters. The number of ether oxygens (including phenoxy) is 2. The van der Waals surface area contributed by atoms with Crippen molar-refractivity contribution in [1.82, 2.24) is 20.2 Å². The summed E-state index contributed by atoms with van der Waals surface area (Å²) in [7, 11) is 7.23. The second-order valence-corrected chi connectivity index (χ2v) is 7.31. The van der Waals surface area contributed by atoms with Crippen molar-refractivity contribution >= 4 is 11.7 Å². The summed E-state index contributed by atoms with van der Waals surface area (Å²) in [5.74, 6) is 2.63. The fraction of sp³-hybridized carbons (Fsp3) is 0.476. The van der Waals surface area contributed by atoms with Gasteiger partial charge >= 0.3 is 0 Å². The van der Waals surface area contributed by atoms with E-state index in [2.05, 4.69) is 10.3 Å². The molecule has 0 unspecified atom stereocenters. The molecule has 2 aromatic rings. The fourth-order valence-corrected chi connectivity index (χ4v) is 3.19. The third kappa shape index (κ3) is 5.35. The first-order valence-corrected chi connectivity index (χ1v) is 9.76. The summed E-state index contributed by atoms with van der Waals surface area (Å²) >= 11 is 0. The first kappa shape index (κ1) is 20.9. The number of likely N-dealkylation sites (N-methyl/N-ethyl adjacent to an activating group) is 1. The van der Waals surface area contributed by atoms with Crippen LogP contribution < -0.4 is 19.7 Å². The number of rotatable bonds is 8. The molecule has 1 saturated heterocycles. The average Bonchev–Trinajstić information content (AvgIpc) is 3.26. The predicted molar refractivity (Wildman–Crippen MR) is 111 cm³/mol. The molecule has 1 aliphatic heterocycles. The number of anilines is 1. The lowest BCUT2D eigenvalue weighted by molar-refractivity contribution is -0.132. The number of aromatic nitrogens is 2. The van der Waals surface area contributed by atoms with Crippen molar-refractivity contribution in [3.8, 4) is 11.5 Å². The smallest absolute Gasteiger partial charge is 0.260 e. The number of nitrogens with zero attached hydrogens (tertiary/aromatic N) is 4. The monoisotopic (exact) mass is 399 g/mol. The molecule has 2 heterocycles. The van der Waals surface area contributed by atoms with Crippen LogP contribution in [0.15, 0.2) is 30.3 Å². The van der Waals surface area contributed by atoms with Crippen LogP contribution in [-0.4, -0.2) is 62.2 Å². The van der Waals surface area contributed by atoms with Crippen LogP contribution in [0, 0.1) is 0 Å². The molecular weight excluding hydrogens is 370 g/mol. The molecular formula is C21H29N5O3. The van der Waals surface area contributed by atoms with Crippen LogP contribution in [0.2, 0.25) is 0 Å². The molecule has 0 bridgehead atoms. The Balaban J connectivity index is 1.67. The molecule has 8 nitrogen and oxygen atoms in total. The van der Waals surface area contributed by atoms with Crippen molar-refractivity contribution in [2.75, 3.05) is 46.3 Å². The molecule has 1 amide bonds. The van der Waals surface area contributed by atoms with E-state index < -0.39 is 0 Å². The van der Waals surface area contributed by atoms with E-state index >= 15 is 0 Å². The minimum absolute atomic E-state index is 0.0699. The number of methoxy groups -OCH3 is 1. The van der Waals surface area contributed by atoms with Crippen molar-refractivity contribution in [3.63, 3.8) is 0 Å².